The standard InChI is InChI=1S/C11H14N4OS/c1-6(2)15-10(16)9-3-7-8(13-5-12-7)4-14(9)11(15)17/h5-6,9H,3-4H2,1-2H3,(H,12,13). The fourth-order valence-corrected chi connectivity index (χ4v) is 3.02. The number of hydrogen-bond acceptors (Lipinski definition) is 3. The molecule has 0 spiro atoms. The van der Waals surface area contributed by atoms with Crippen LogP contribution in [0.3, 0.4) is 0 Å². The van der Waals surface area contributed by atoms with Gasteiger partial charge in [0.1, 0.15) is 6.04 Å². The van der Waals surface area contributed by atoms with E-state index in [1.54, 1.807) is 11.2 Å². The van der Waals surface area contributed by atoms with E-state index in [0.29, 0.717) is 18.1 Å². The number of aromatic nitrogens is 2. The second-order valence-electron chi connectivity index (χ2n) is 4.76. The first kappa shape index (κ1) is 10.7. The van der Waals surface area contributed by atoms with Crippen LogP contribution in [-0.4, -0.2) is 42.9 Å². The minimum Gasteiger partial charge on any atom is -0.347 e. The molecule has 1 atom stereocenters. The van der Waals surface area contributed by atoms with E-state index in [1.165, 1.54) is 0 Å². The van der Waals surface area contributed by atoms with E-state index >= 15 is 0 Å². The van der Waals surface area contributed by atoms with Crippen molar-refractivity contribution in [3.63, 3.8) is 0 Å². The maximum absolute atomic E-state index is 12.3. The number of hydrogen-bond donors (Lipinski definition) is 1. The highest BCUT2D eigenvalue weighted by Gasteiger charge is 2.46. The molecule has 90 valence electrons. The Hall–Kier alpha value is -1.43. The van der Waals surface area contributed by atoms with Crippen LogP contribution in [-0.2, 0) is 17.8 Å². The highest BCUT2D eigenvalue weighted by molar-refractivity contribution is 7.80. The molecular formula is C11H14N4OS. The van der Waals surface area contributed by atoms with Gasteiger partial charge in [0.15, 0.2) is 5.11 Å². The van der Waals surface area contributed by atoms with Crippen LogP contribution in [0.1, 0.15) is 25.2 Å². The van der Waals surface area contributed by atoms with E-state index in [0.717, 1.165) is 11.4 Å². The van der Waals surface area contributed by atoms with E-state index in [-0.39, 0.29) is 18.0 Å². The van der Waals surface area contributed by atoms with Crippen LogP contribution in [0.15, 0.2) is 6.33 Å². The molecule has 0 radical (unpaired) electrons. The maximum atomic E-state index is 12.3. The number of amides is 1. The number of rotatable bonds is 1. The molecule has 5 nitrogen and oxygen atoms in total. The summed E-state index contributed by atoms with van der Waals surface area (Å²) in [7, 11) is 0. The van der Waals surface area contributed by atoms with Crippen molar-refractivity contribution < 1.29 is 4.79 Å². The Morgan fingerprint density at radius 1 is 1.59 bits per heavy atom. The summed E-state index contributed by atoms with van der Waals surface area (Å²) in [6.07, 6.45) is 2.33. The zero-order chi connectivity index (χ0) is 12.2. The highest BCUT2D eigenvalue weighted by Crippen LogP contribution is 2.29. The minimum absolute atomic E-state index is 0.110. The molecule has 1 saturated heterocycles. The summed E-state index contributed by atoms with van der Waals surface area (Å²) in [5.41, 5.74) is 2.06. The van der Waals surface area contributed by atoms with Gasteiger partial charge in [-0.15, -0.1) is 0 Å². The van der Waals surface area contributed by atoms with Crippen molar-refractivity contribution >= 4 is 23.2 Å². The minimum atomic E-state index is -0.152. The number of imidazole rings is 1. The van der Waals surface area contributed by atoms with Crippen molar-refractivity contribution in [3.8, 4) is 0 Å². The molecule has 6 heteroatoms. The van der Waals surface area contributed by atoms with Crippen LogP contribution >= 0.6 is 12.2 Å². The lowest BCUT2D eigenvalue weighted by atomic mass is 10.0. The summed E-state index contributed by atoms with van der Waals surface area (Å²) >= 11 is 5.39. The molecule has 2 aliphatic rings. The lowest BCUT2D eigenvalue weighted by molar-refractivity contribution is -0.129. The summed E-state index contributed by atoms with van der Waals surface area (Å²) in [5, 5.41) is 0.648. The third kappa shape index (κ3) is 1.40. The zero-order valence-corrected chi connectivity index (χ0v) is 10.6. The molecule has 1 amide bonds. The van der Waals surface area contributed by atoms with Gasteiger partial charge in [-0.3, -0.25) is 9.69 Å². The summed E-state index contributed by atoms with van der Waals surface area (Å²) in [5.74, 6) is 0.110. The van der Waals surface area contributed by atoms with E-state index in [9.17, 15) is 4.79 Å². The van der Waals surface area contributed by atoms with Crippen molar-refractivity contribution in [2.24, 2.45) is 0 Å². The van der Waals surface area contributed by atoms with Crippen molar-refractivity contribution in [3.05, 3.63) is 17.7 Å². The second kappa shape index (κ2) is 3.53. The van der Waals surface area contributed by atoms with Crippen LogP contribution in [0, 0.1) is 0 Å². The highest BCUT2D eigenvalue weighted by atomic mass is 32.1. The number of aromatic amines is 1. The number of fused-ring (bicyclic) bond motifs is 2. The van der Waals surface area contributed by atoms with E-state index < -0.39 is 0 Å². The first-order valence-electron chi connectivity index (χ1n) is 5.74. The Morgan fingerprint density at radius 3 is 3.06 bits per heavy atom. The van der Waals surface area contributed by atoms with Gasteiger partial charge >= 0.3 is 0 Å². The third-order valence-electron chi connectivity index (χ3n) is 3.39. The molecule has 1 fully saturated rings. The van der Waals surface area contributed by atoms with Crippen molar-refractivity contribution in [1.82, 2.24) is 19.8 Å². The van der Waals surface area contributed by atoms with Crippen LogP contribution in [0.5, 0.6) is 0 Å². The quantitative estimate of drug-likeness (QED) is 0.744. The number of nitrogens with one attached hydrogen (secondary N) is 1. The number of H-pyrrole nitrogens is 1. The molecule has 1 aromatic heterocycles. The van der Waals surface area contributed by atoms with E-state index in [1.807, 2.05) is 18.7 Å². The molecule has 0 aliphatic carbocycles. The summed E-state index contributed by atoms with van der Waals surface area (Å²) in [6.45, 7) is 4.63. The average Bonchev–Trinajstić information content (AvgIpc) is 2.81. The monoisotopic (exact) mass is 250 g/mol. The van der Waals surface area contributed by atoms with Crippen LogP contribution in [0.25, 0.3) is 0 Å². The molecular weight excluding hydrogens is 236 g/mol. The molecule has 0 aromatic carbocycles. The Bertz CT molecular complexity index is 457. The molecule has 1 N–H and O–H groups in total. The maximum Gasteiger partial charge on any atom is 0.252 e. The Morgan fingerprint density at radius 2 is 2.35 bits per heavy atom. The van der Waals surface area contributed by atoms with Crippen molar-refractivity contribution in [1.29, 1.82) is 0 Å². The van der Waals surface area contributed by atoms with Crippen molar-refractivity contribution in [2.75, 3.05) is 0 Å². The molecule has 3 rings (SSSR count). The average molecular weight is 250 g/mol. The fraction of sp³-hybridized carbons (Fsp3) is 0.545. The summed E-state index contributed by atoms with van der Waals surface area (Å²) in [4.78, 5) is 23.4. The van der Waals surface area contributed by atoms with E-state index in [4.69, 9.17) is 12.2 Å². The van der Waals surface area contributed by atoms with Gasteiger partial charge in [-0.05, 0) is 26.1 Å². The molecule has 0 saturated carbocycles. The third-order valence-corrected chi connectivity index (χ3v) is 3.82. The van der Waals surface area contributed by atoms with Gasteiger partial charge in [0.25, 0.3) is 5.91 Å². The number of carbonyl (C=O) groups excluding carboxylic acids is 1. The number of carbonyl (C=O) groups is 1. The molecule has 0 bridgehead atoms. The van der Waals surface area contributed by atoms with Gasteiger partial charge in [-0.25, -0.2) is 4.98 Å². The largest absolute Gasteiger partial charge is 0.347 e. The predicted molar refractivity (Wildman–Crippen MR) is 66.2 cm³/mol. The summed E-state index contributed by atoms with van der Waals surface area (Å²) < 4.78 is 0. The van der Waals surface area contributed by atoms with Crippen LogP contribution in [0.2, 0.25) is 0 Å². The lowest BCUT2D eigenvalue weighted by Crippen LogP contribution is -2.40. The van der Waals surface area contributed by atoms with Gasteiger partial charge in [-0.2, -0.15) is 0 Å². The van der Waals surface area contributed by atoms with Crippen molar-refractivity contribution in [2.45, 2.75) is 38.9 Å². The van der Waals surface area contributed by atoms with Gasteiger partial charge in [0, 0.05) is 12.5 Å². The normalized spacial score (nSPS) is 23.4. The van der Waals surface area contributed by atoms with E-state index in [2.05, 4.69) is 9.97 Å². The smallest absolute Gasteiger partial charge is 0.252 e. The molecule has 3 heterocycles. The summed E-state index contributed by atoms with van der Waals surface area (Å²) in [6, 6.07) is -0.0346. The van der Waals surface area contributed by atoms with Gasteiger partial charge < -0.3 is 9.88 Å². The first-order chi connectivity index (χ1) is 8.09. The van der Waals surface area contributed by atoms with Gasteiger partial charge in [0.05, 0.1) is 24.3 Å². The van der Waals surface area contributed by atoms with Gasteiger partial charge in [0.2, 0.25) is 0 Å². The molecule has 1 aromatic rings. The molecule has 17 heavy (non-hydrogen) atoms. The fourth-order valence-electron chi connectivity index (χ4n) is 2.53. The Kier molecular flexibility index (Phi) is 2.22. The van der Waals surface area contributed by atoms with Crippen LogP contribution in [0.4, 0.5) is 0 Å². The van der Waals surface area contributed by atoms with Crippen LogP contribution < -0.4 is 0 Å². The topological polar surface area (TPSA) is 52.2 Å². The lowest BCUT2D eigenvalue weighted by Gasteiger charge is -2.27. The number of thiocarbonyl (C=S) groups is 1. The second-order valence-corrected chi connectivity index (χ2v) is 5.13. The first-order valence-corrected chi connectivity index (χ1v) is 6.15. The zero-order valence-electron chi connectivity index (χ0n) is 9.80. The predicted octanol–water partition coefficient (Wildman–Crippen LogP) is 0.672. The Labute approximate surface area is 105 Å². The number of nitrogens with zero attached hydrogens (tertiary/aromatic N) is 3. The Balaban J connectivity index is 1.97. The molecule has 2 aliphatic heterocycles. The SMILES string of the molecule is CC(C)N1C(=O)C2Cc3nc[nH]c3CN2C1=S. The molecule has 1 unspecified atom stereocenters. The van der Waals surface area contributed by atoms with Gasteiger partial charge in [-0.1, -0.05) is 0 Å².